The Morgan fingerprint density at radius 3 is 2.26 bits per heavy atom. The molecular weight excluding hydrogens is 234 g/mol. The van der Waals surface area contributed by atoms with E-state index < -0.39 is 0 Å². The number of imidazole rings is 1. The highest BCUT2D eigenvalue weighted by Gasteiger charge is 2.22. The fraction of sp³-hybridized carbons (Fsp3) is 0.438. The van der Waals surface area contributed by atoms with Gasteiger partial charge < -0.3 is 10.7 Å². The first-order valence-electron chi connectivity index (χ1n) is 6.69. The van der Waals surface area contributed by atoms with Gasteiger partial charge in [-0.15, -0.1) is 0 Å². The Kier molecular flexibility index (Phi) is 3.50. The fourth-order valence-corrected chi connectivity index (χ4v) is 2.49. The van der Waals surface area contributed by atoms with Crippen LogP contribution in [0.1, 0.15) is 36.4 Å². The topological polar surface area (TPSA) is 54.7 Å². The maximum atomic E-state index is 5.81. The van der Waals surface area contributed by atoms with E-state index in [1.165, 1.54) is 22.3 Å². The second-order valence-corrected chi connectivity index (χ2v) is 6.01. The first kappa shape index (κ1) is 13.8. The molecule has 0 spiro atoms. The van der Waals surface area contributed by atoms with Crippen LogP contribution in [0.4, 0.5) is 0 Å². The van der Waals surface area contributed by atoms with Crippen molar-refractivity contribution in [2.45, 2.75) is 40.0 Å². The number of hydrogen-bond donors (Lipinski definition) is 2. The molecule has 0 atom stereocenters. The quantitative estimate of drug-likeness (QED) is 0.887. The van der Waals surface area contributed by atoms with Crippen molar-refractivity contribution >= 4 is 0 Å². The van der Waals surface area contributed by atoms with Crippen molar-refractivity contribution in [1.29, 1.82) is 0 Å². The number of nitrogens with zero attached hydrogens (tertiary/aromatic N) is 1. The third-order valence-electron chi connectivity index (χ3n) is 3.67. The highest BCUT2D eigenvalue weighted by atomic mass is 14.9. The molecule has 1 aromatic heterocycles. The van der Waals surface area contributed by atoms with E-state index in [0.29, 0.717) is 6.54 Å². The number of benzene rings is 1. The lowest BCUT2D eigenvalue weighted by molar-refractivity contribution is 0.508. The molecule has 0 fully saturated rings. The number of aromatic amines is 1. The summed E-state index contributed by atoms with van der Waals surface area (Å²) in [4.78, 5) is 7.93. The lowest BCUT2D eigenvalue weighted by atomic mass is 9.93. The van der Waals surface area contributed by atoms with Gasteiger partial charge in [-0.3, -0.25) is 0 Å². The Morgan fingerprint density at radius 1 is 1.16 bits per heavy atom. The molecule has 0 unspecified atom stereocenters. The monoisotopic (exact) mass is 257 g/mol. The predicted octanol–water partition coefficient (Wildman–Crippen LogP) is 3.24. The predicted molar refractivity (Wildman–Crippen MR) is 80.3 cm³/mol. The van der Waals surface area contributed by atoms with Crippen LogP contribution in [-0.4, -0.2) is 16.5 Å². The number of H-pyrrole nitrogens is 1. The van der Waals surface area contributed by atoms with Crippen molar-refractivity contribution in [2.24, 2.45) is 5.73 Å². The second-order valence-electron chi connectivity index (χ2n) is 6.01. The number of rotatable bonds is 3. The zero-order chi connectivity index (χ0) is 14.2. The first-order valence-corrected chi connectivity index (χ1v) is 6.69. The van der Waals surface area contributed by atoms with E-state index in [0.717, 1.165) is 11.5 Å². The van der Waals surface area contributed by atoms with Crippen molar-refractivity contribution < 1.29 is 0 Å². The minimum absolute atomic E-state index is 0.120. The van der Waals surface area contributed by atoms with Gasteiger partial charge in [0.05, 0.1) is 11.9 Å². The van der Waals surface area contributed by atoms with Crippen molar-refractivity contribution in [3.63, 3.8) is 0 Å². The van der Waals surface area contributed by atoms with Crippen molar-refractivity contribution in [1.82, 2.24) is 9.97 Å². The van der Waals surface area contributed by atoms with E-state index in [-0.39, 0.29) is 5.41 Å². The fourth-order valence-electron chi connectivity index (χ4n) is 2.49. The van der Waals surface area contributed by atoms with E-state index in [4.69, 9.17) is 5.73 Å². The Labute approximate surface area is 115 Å². The van der Waals surface area contributed by atoms with Crippen LogP contribution in [0.5, 0.6) is 0 Å². The molecule has 3 N–H and O–H groups in total. The van der Waals surface area contributed by atoms with E-state index >= 15 is 0 Å². The van der Waals surface area contributed by atoms with Gasteiger partial charge in [0.1, 0.15) is 5.82 Å². The van der Waals surface area contributed by atoms with Crippen LogP contribution in [0.25, 0.3) is 11.3 Å². The van der Waals surface area contributed by atoms with Gasteiger partial charge in [0, 0.05) is 17.5 Å². The molecule has 102 valence electrons. The molecule has 0 saturated carbocycles. The largest absolute Gasteiger partial charge is 0.342 e. The number of nitrogens with two attached hydrogens (primary N) is 1. The van der Waals surface area contributed by atoms with E-state index in [1.54, 1.807) is 0 Å². The van der Waals surface area contributed by atoms with Crippen molar-refractivity contribution in [3.8, 4) is 11.3 Å². The van der Waals surface area contributed by atoms with Crippen molar-refractivity contribution in [2.75, 3.05) is 6.54 Å². The summed E-state index contributed by atoms with van der Waals surface area (Å²) in [6, 6.07) is 4.41. The first-order chi connectivity index (χ1) is 8.85. The average molecular weight is 257 g/mol. The molecule has 19 heavy (non-hydrogen) atoms. The van der Waals surface area contributed by atoms with Gasteiger partial charge in [0.25, 0.3) is 0 Å². The van der Waals surface area contributed by atoms with Gasteiger partial charge in [-0.05, 0) is 31.9 Å². The minimum Gasteiger partial charge on any atom is -0.342 e. The number of hydrogen-bond acceptors (Lipinski definition) is 2. The van der Waals surface area contributed by atoms with Gasteiger partial charge in [0.15, 0.2) is 0 Å². The normalized spacial score (nSPS) is 11.9. The molecular formula is C16H23N3. The second kappa shape index (κ2) is 4.82. The summed E-state index contributed by atoms with van der Waals surface area (Å²) in [6.07, 6.45) is 1.91. The lowest BCUT2D eigenvalue weighted by Crippen LogP contribution is -2.29. The third-order valence-corrected chi connectivity index (χ3v) is 3.67. The molecule has 0 aliphatic rings. The van der Waals surface area contributed by atoms with Crippen molar-refractivity contribution in [3.05, 3.63) is 40.8 Å². The molecule has 0 amide bonds. The standard InChI is InChI=1S/C16H23N3/c1-10-6-11(2)14(12(3)7-10)13-8-18-15(19-13)16(4,5)9-17/h6-8H,9,17H2,1-5H3,(H,18,19). The average Bonchev–Trinajstić information content (AvgIpc) is 2.77. The minimum atomic E-state index is -0.120. The molecule has 2 rings (SSSR count). The van der Waals surface area contributed by atoms with E-state index in [1.807, 2.05) is 6.20 Å². The maximum Gasteiger partial charge on any atom is 0.113 e. The summed E-state index contributed by atoms with van der Waals surface area (Å²) >= 11 is 0. The molecule has 1 aromatic carbocycles. The Morgan fingerprint density at radius 2 is 1.74 bits per heavy atom. The smallest absolute Gasteiger partial charge is 0.113 e. The Balaban J connectivity index is 2.50. The summed E-state index contributed by atoms with van der Waals surface area (Å²) in [7, 11) is 0. The van der Waals surface area contributed by atoms with E-state index in [2.05, 4.69) is 56.7 Å². The highest BCUT2D eigenvalue weighted by Crippen LogP contribution is 2.29. The summed E-state index contributed by atoms with van der Waals surface area (Å²) in [5.41, 5.74) is 11.9. The third kappa shape index (κ3) is 2.56. The lowest BCUT2D eigenvalue weighted by Gasteiger charge is -2.19. The zero-order valence-corrected chi connectivity index (χ0v) is 12.5. The molecule has 0 bridgehead atoms. The SMILES string of the molecule is Cc1cc(C)c(-c2cnc(C(C)(C)CN)[nH]2)c(C)c1. The number of nitrogens with one attached hydrogen (secondary N) is 1. The van der Waals surface area contributed by atoms with Crippen LogP contribution in [0.15, 0.2) is 18.3 Å². The molecule has 0 aliphatic carbocycles. The maximum absolute atomic E-state index is 5.81. The van der Waals surface area contributed by atoms with Crippen LogP contribution < -0.4 is 5.73 Å². The zero-order valence-electron chi connectivity index (χ0n) is 12.5. The summed E-state index contributed by atoms with van der Waals surface area (Å²) in [5, 5.41) is 0. The number of aromatic nitrogens is 2. The van der Waals surface area contributed by atoms with Crippen LogP contribution >= 0.6 is 0 Å². The van der Waals surface area contributed by atoms with Gasteiger partial charge in [-0.2, -0.15) is 0 Å². The summed E-state index contributed by atoms with van der Waals surface area (Å²) < 4.78 is 0. The van der Waals surface area contributed by atoms with Crippen LogP contribution in [-0.2, 0) is 5.41 Å². The Hall–Kier alpha value is -1.61. The molecule has 0 aliphatic heterocycles. The van der Waals surface area contributed by atoms with Crippen LogP contribution in [0.2, 0.25) is 0 Å². The molecule has 3 nitrogen and oxygen atoms in total. The van der Waals surface area contributed by atoms with Gasteiger partial charge in [-0.1, -0.05) is 31.5 Å². The number of aryl methyl sites for hydroxylation is 3. The van der Waals surface area contributed by atoms with Gasteiger partial charge in [-0.25, -0.2) is 4.98 Å². The molecule has 0 saturated heterocycles. The van der Waals surface area contributed by atoms with E-state index in [9.17, 15) is 0 Å². The van der Waals surface area contributed by atoms with Crippen LogP contribution in [0, 0.1) is 20.8 Å². The molecule has 2 aromatic rings. The molecule has 0 radical (unpaired) electrons. The molecule has 3 heteroatoms. The summed E-state index contributed by atoms with van der Waals surface area (Å²) in [6.45, 7) is 11.2. The summed E-state index contributed by atoms with van der Waals surface area (Å²) in [5.74, 6) is 0.948. The molecule has 1 heterocycles. The van der Waals surface area contributed by atoms with Gasteiger partial charge >= 0.3 is 0 Å². The highest BCUT2D eigenvalue weighted by molar-refractivity contribution is 5.67. The Bertz CT molecular complexity index is 571. The van der Waals surface area contributed by atoms with Crippen LogP contribution in [0.3, 0.4) is 0 Å². The van der Waals surface area contributed by atoms with Gasteiger partial charge in [0.2, 0.25) is 0 Å².